The second-order valence-corrected chi connectivity index (χ2v) is 5.20. The van der Waals surface area contributed by atoms with Crippen molar-refractivity contribution in [2.45, 2.75) is 6.92 Å². The van der Waals surface area contributed by atoms with E-state index in [4.69, 9.17) is 11.5 Å². The van der Waals surface area contributed by atoms with E-state index in [0.29, 0.717) is 4.88 Å². The lowest BCUT2D eigenvalue weighted by Crippen LogP contribution is -2.42. The summed E-state index contributed by atoms with van der Waals surface area (Å²) < 4.78 is 0. The van der Waals surface area contributed by atoms with Crippen LogP contribution in [0, 0.1) is 6.92 Å². The minimum Gasteiger partial charge on any atom is -0.369 e. The third-order valence-corrected chi connectivity index (χ3v) is 3.18. The minimum atomic E-state index is -0.605. The molecule has 0 atom stereocenters. The van der Waals surface area contributed by atoms with Crippen molar-refractivity contribution in [2.75, 3.05) is 19.6 Å². The van der Waals surface area contributed by atoms with Gasteiger partial charge in [-0.2, -0.15) is 0 Å². The van der Waals surface area contributed by atoms with Crippen LogP contribution in [-0.2, 0) is 9.59 Å². The monoisotopic (exact) mass is 269 g/mol. The molecule has 1 aromatic heterocycles. The molecule has 2 amide bonds. The summed E-state index contributed by atoms with van der Waals surface area (Å²) in [6, 6.07) is 3.56. The summed E-state index contributed by atoms with van der Waals surface area (Å²) in [4.78, 5) is 36.5. The zero-order valence-electron chi connectivity index (χ0n) is 10.0. The summed E-state index contributed by atoms with van der Waals surface area (Å²) in [7, 11) is 0. The topological polar surface area (TPSA) is 106 Å². The predicted octanol–water partition coefficient (Wildman–Crippen LogP) is -0.488. The molecule has 0 aliphatic rings. The molecule has 0 fully saturated rings. The van der Waals surface area contributed by atoms with Crippen molar-refractivity contribution in [3.05, 3.63) is 21.9 Å². The maximum absolute atomic E-state index is 11.9. The highest BCUT2D eigenvalue weighted by molar-refractivity contribution is 7.14. The molecule has 0 saturated carbocycles. The second kappa shape index (κ2) is 6.27. The Morgan fingerprint density at radius 2 is 1.67 bits per heavy atom. The zero-order valence-corrected chi connectivity index (χ0v) is 10.8. The molecular formula is C11H15N3O3S. The van der Waals surface area contributed by atoms with Gasteiger partial charge in [0, 0.05) is 4.88 Å². The molecule has 7 heteroatoms. The van der Waals surface area contributed by atoms with E-state index in [-0.39, 0.29) is 25.4 Å². The standard InChI is InChI=1S/C11H15N3O3S/c1-7-2-3-9(18-7)8(15)4-14(5-10(12)16)6-11(13)17/h2-3H,4-6H2,1H3,(H2,12,16)(H2,13,17). The molecule has 98 valence electrons. The van der Waals surface area contributed by atoms with E-state index >= 15 is 0 Å². The largest absolute Gasteiger partial charge is 0.369 e. The van der Waals surface area contributed by atoms with Crippen LogP contribution < -0.4 is 11.5 Å². The Labute approximate surface area is 109 Å². The Kier molecular flexibility index (Phi) is 4.99. The van der Waals surface area contributed by atoms with E-state index in [1.165, 1.54) is 16.2 Å². The average molecular weight is 269 g/mol. The first-order valence-electron chi connectivity index (χ1n) is 5.27. The molecular weight excluding hydrogens is 254 g/mol. The Bertz CT molecular complexity index is 454. The highest BCUT2D eigenvalue weighted by Crippen LogP contribution is 2.15. The van der Waals surface area contributed by atoms with Crippen molar-refractivity contribution in [1.82, 2.24) is 4.90 Å². The number of amides is 2. The zero-order chi connectivity index (χ0) is 13.7. The smallest absolute Gasteiger partial charge is 0.231 e. The van der Waals surface area contributed by atoms with Crippen LogP contribution in [0.4, 0.5) is 0 Å². The number of nitrogens with zero attached hydrogens (tertiary/aromatic N) is 1. The highest BCUT2D eigenvalue weighted by atomic mass is 32.1. The highest BCUT2D eigenvalue weighted by Gasteiger charge is 2.17. The van der Waals surface area contributed by atoms with Gasteiger partial charge in [0.05, 0.1) is 24.5 Å². The van der Waals surface area contributed by atoms with Gasteiger partial charge in [0.2, 0.25) is 11.8 Å². The van der Waals surface area contributed by atoms with Gasteiger partial charge in [-0.05, 0) is 19.1 Å². The molecule has 0 aromatic carbocycles. The van der Waals surface area contributed by atoms with Crippen LogP contribution in [0.1, 0.15) is 14.5 Å². The fourth-order valence-electron chi connectivity index (χ4n) is 1.47. The lowest BCUT2D eigenvalue weighted by molar-refractivity contribution is -0.121. The number of hydrogen-bond acceptors (Lipinski definition) is 5. The van der Waals surface area contributed by atoms with Crippen molar-refractivity contribution in [2.24, 2.45) is 11.5 Å². The van der Waals surface area contributed by atoms with E-state index in [0.717, 1.165) is 4.88 Å². The maximum Gasteiger partial charge on any atom is 0.231 e. The molecule has 0 spiro atoms. The van der Waals surface area contributed by atoms with Crippen LogP contribution >= 0.6 is 11.3 Å². The van der Waals surface area contributed by atoms with Crippen molar-refractivity contribution >= 4 is 28.9 Å². The minimum absolute atomic E-state index is 0.0498. The van der Waals surface area contributed by atoms with Gasteiger partial charge < -0.3 is 11.5 Å². The number of primary amides is 2. The normalized spacial score (nSPS) is 10.6. The van der Waals surface area contributed by atoms with Gasteiger partial charge in [-0.1, -0.05) is 0 Å². The molecule has 0 aliphatic heterocycles. The predicted molar refractivity (Wildman–Crippen MR) is 68.2 cm³/mol. The lowest BCUT2D eigenvalue weighted by atomic mass is 10.3. The lowest BCUT2D eigenvalue weighted by Gasteiger charge is -2.17. The SMILES string of the molecule is Cc1ccc(C(=O)CN(CC(N)=O)CC(N)=O)s1. The number of Topliss-reactive ketones (excluding diaryl/α,β-unsaturated/α-hetero) is 1. The van der Waals surface area contributed by atoms with Crippen LogP contribution in [0.15, 0.2) is 12.1 Å². The van der Waals surface area contributed by atoms with Gasteiger partial charge in [-0.3, -0.25) is 19.3 Å². The number of carbonyl (C=O) groups excluding carboxylic acids is 3. The van der Waals surface area contributed by atoms with Crippen molar-refractivity contribution < 1.29 is 14.4 Å². The molecule has 6 nitrogen and oxygen atoms in total. The first-order valence-corrected chi connectivity index (χ1v) is 6.08. The molecule has 1 aromatic rings. The van der Waals surface area contributed by atoms with Gasteiger partial charge in [-0.15, -0.1) is 11.3 Å². The number of rotatable bonds is 7. The number of hydrogen-bond donors (Lipinski definition) is 2. The van der Waals surface area contributed by atoms with Gasteiger partial charge in [0.1, 0.15) is 0 Å². The first kappa shape index (κ1) is 14.3. The fourth-order valence-corrected chi connectivity index (χ4v) is 2.27. The number of thiophene rings is 1. The summed E-state index contributed by atoms with van der Waals surface area (Å²) in [5.41, 5.74) is 10.1. The third kappa shape index (κ3) is 4.64. The Hall–Kier alpha value is -1.73. The van der Waals surface area contributed by atoms with E-state index < -0.39 is 11.8 Å². The van der Waals surface area contributed by atoms with Crippen LogP contribution in [-0.4, -0.2) is 42.1 Å². The summed E-state index contributed by atoms with van der Waals surface area (Å²) in [5, 5.41) is 0. The Balaban J connectivity index is 2.67. The van der Waals surface area contributed by atoms with Crippen LogP contribution in [0.2, 0.25) is 0 Å². The average Bonchev–Trinajstić information content (AvgIpc) is 2.62. The van der Waals surface area contributed by atoms with Crippen LogP contribution in [0.5, 0.6) is 0 Å². The van der Waals surface area contributed by atoms with Gasteiger partial charge >= 0.3 is 0 Å². The molecule has 1 heterocycles. The molecule has 0 radical (unpaired) electrons. The Morgan fingerprint density at radius 3 is 2.06 bits per heavy atom. The first-order chi connectivity index (χ1) is 8.38. The van der Waals surface area contributed by atoms with Gasteiger partial charge in [0.15, 0.2) is 5.78 Å². The van der Waals surface area contributed by atoms with Crippen LogP contribution in [0.3, 0.4) is 0 Å². The van der Waals surface area contributed by atoms with Gasteiger partial charge in [-0.25, -0.2) is 0 Å². The summed E-state index contributed by atoms with van der Waals surface area (Å²) in [6.07, 6.45) is 0. The third-order valence-electron chi connectivity index (χ3n) is 2.14. The quantitative estimate of drug-likeness (QED) is 0.651. The number of ketones is 1. The van der Waals surface area contributed by atoms with E-state index in [1.54, 1.807) is 6.07 Å². The van der Waals surface area contributed by atoms with Crippen molar-refractivity contribution in [3.8, 4) is 0 Å². The van der Waals surface area contributed by atoms with E-state index in [2.05, 4.69) is 0 Å². The fraction of sp³-hybridized carbons (Fsp3) is 0.364. The maximum atomic E-state index is 11.9. The molecule has 4 N–H and O–H groups in total. The van der Waals surface area contributed by atoms with E-state index in [1.807, 2.05) is 13.0 Å². The molecule has 0 unspecified atom stereocenters. The molecule has 0 bridgehead atoms. The van der Waals surface area contributed by atoms with Crippen molar-refractivity contribution in [1.29, 1.82) is 0 Å². The van der Waals surface area contributed by atoms with Crippen LogP contribution in [0.25, 0.3) is 0 Å². The van der Waals surface area contributed by atoms with Gasteiger partial charge in [0.25, 0.3) is 0 Å². The number of nitrogens with two attached hydrogens (primary N) is 2. The number of aryl methyl sites for hydroxylation is 1. The molecule has 0 aliphatic carbocycles. The Morgan fingerprint density at radius 1 is 1.11 bits per heavy atom. The van der Waals surface area contributed by atoms with Crippen molar-refractivity contribution in [3.63, 3.8) is 0 Å². The summed E-state index contributed by atoms with van der Waals surface area (Å²) in [6.45, 7) is 1.51. The molecule has 18 heavy (non-hydrogen) atoms. The number of carbonyl (C=O) groups is 3. The molecule has 0 saturated heterocycles. The summed E-state index contributed by atoms with van der Waals surface area (Å²) >= 11 is 1.37. The second-order valence-electron chi connectivity index (χ2n) is 3.91. The van der Waals surface area contributed by atoms with E-state index in [9.17, 15) is 14.4 Å². The summed E-state index contributed by atoms with van der Waals surface area (Å²) in [5.74, 6) is -1.37. The molecule has 1 rings (SSSR count).